The van der Waals surface area contributed by atoms with Crippen LogP contribution in [0.5, 0.6) is 5.75 Å². The van der Waals surface area contributed by atoms with Gasteiger partial charge in [-0.15, -0.1) is 6.58 Å². The van der Waals surface area contributed by atoms with E-state index in [2.05, 4.69) is 11.7 Å². The molecule has 0 aliphatic carbocycles. The Kier molecular flexibility index (Phi) is 5.03. The number of hydrogen-bond acceptors (Lipinski definition) is 7. The Morgan fingerprint density at radius 2 is 2.17 bits per heavy atom. The maximum Gasteiger partial charge on any atom is 0.305 e. The molecule has 0 radical (unpaired) electrons. The Hall–Kier alpha value is -3.44. The number of allylic oxidation sites excluding steroid dienone is 1. The van der Waals surface area contributed by atoms with Crippen LogP contribution in [-0.2, 0) is 16.1 Å². The molecule has 8 nitrogen and oxygen atoms in total. The quantitative estimate of drug-likeness (QED) is 0.477. The Labute approximate surface area is 167 Å². The highest BCUT2D eigenvalue weighted by molar-refractivity contribution is 5.67. The van der Waals surface area contributed by atoms with Crippen LogP contribution in [0.3, 0.4) is 0 Å². The Bertz CT molecular complexity index is 1080. The summed E-state index contributed by atoms with van der Waals surface area (Å²) in [6.45, 7) is 8.13. The molecule has 2 unspecified atom stereocenters. The zero-order chi connectivity index (χ0) is 21.4. The van der Waals surface area contributed by atoms with E-state index in [-0.39, 0.29) is 17.8 Å². The van der Waals surface area contributed by atoms with Gasteiger partial charge in [-0.2, -0.15) is 10.4 Å². The van der Waals surface area contributed by atoms with E-state index in [0.29, 0.717) is 16.9 Å². The van der Waals surface area contributed by atoms with Crippen LogP contribution in [0, 0.1) is 11.3 Å². The summed E-state index contributed by atoms with van der Waals surface area (Å²) in [4.78, 5) is 24.0. The summed E-state index contributed by atoms with van der Waals surface area (Å²) in [5.41, 5.74) is -0.666. The number of nitriles is 1. The first kappa shape index (κ1) is 20.3. The molecule has 1 aromatic heterocycles. The first-order chi connectivity index (χ1) is 13.6. The van der Waals surface area contributed by atoms with Gasteiger partial charge in [0.25, 0.3) is 11.3 Å². The van der Waals surface area contributed by atoms with Gasteiger partial charge < -0.3 is 14.6 Å². The molecule has 1 aliphatic rings. The van der Waals surface area contributed by atoms with Crippen molar-refractivity contribution < 1.29 is 19.4 Å². The van der Waals surface area contributed by atoms with Crippen LogP contribution in [0.2, 0.25) is 0 Å². The van der Waals surface area contributed by atoms with Crippen molar-refractivity contribution in [2.75, 3.05) is 0 Å². The molecule has 29 heavy (non-hydrogen) atoms. The fraction of sp³-hybridized carbons (Fsp3) is 0.333. The van der Waals surface area contributed by atoms with E-state index in [4.69, 9.17) is 9.47 Å². The third-order valence-electron chi connectivity index (χ3n) is 4.85. The Morgan fingerprint density at radius 3 is 2.79 bits per heavy atom. The first-order valence-electron chi connectivity index (χ1n) is 8.97. The number of aliphatic hydroxyl groups is 1. The molecule has 0 saturated heterocycles. The molecule has 3 rings (SSSR count). The maximum absolute atomic E-state index is 12.1. The van der Waals surface area contributed by atoms with E-state index in [0.717, 1.165) is 0 Å². The van der Waals surface area contributed by atoms with Gasteiger partial charge in [-0.25, -0.2) is 4.68 Å². The molecule has 2 heterocycles. The topological polar surface area (TPSA) is 114 Å². The monoisotopic (exact) mass is 395 g/mol. The zero-order valence-electron chi connectivity index (χ0n) is 16.4. The Morgan fingerprint density at radius 1 is 1.45 bits per heavy atom. The fourth-order valence-corrected chi connectivity index (χ4v) is 3.48. The van der Waals surface area contributed by atoms with Crippen LogP contribution < -0.4 is 10.3 Å². The molecule has 1 aromatic carbocycles. The van der Waals surface area contributed by atoms with Crippen LogP contribution in [0.15, 0.2) is 47.8 Å². The highest BCUT2D eigenvalue weighted by atomic mass is 16.7. The van der Waals surface area contributed by atoms with Gasteiger partial charge >= 0.3 is 5.97 Å². The second-order valence-electron chi connectivity index (χ2n) is 7.27. The highest BCUT2D eigenvalue weighted by Gasteiger charge is 2.60. The molecule has 1 N–H and O–H groups in total. The third-order valence-corrected chi connectivity index (χ3v) is 4.85. The van der Waals surface area contributed by atoms with Gasteiger partial charge in [0.05, 0.1) is 23.9 Å². The van der Waals surface area contributed by atoms with Gasteiger partial charge in [0.1, 0.15) is 11.7 Å². The molecule has 0 spiro atoms. The van der Waals surface area contributed by atoms with Crippen LogP contribution >= 0.6 is 0 Å². The molecule has 0 amide bonds. The van der Waals surface area contributed by atoms with Crippen molar-refractivity contribution in [3.05, 3.63) is 70.2 Å². The largest absolute Gasteiger partial charge is 0.481 e. The summed E-state index contributed by atoms with van der Waals surface area (Å²) in [6.07, 6.45) is 1.52. The zero-order valence-corrected chi connectivity index (χ0v) is 16.4. The fourth-order valence-electron chi connectivity index (χ4n) is 3.48. The minimum Gasteiger partial charge on any atom is -0.481 e. The predicted molar refractivity (Wildman–Crippen MR) is 103 cm³/mol. The maximum atomic E-state index is 12.1. The van der Waals surface area contributed by atoms with E-state index in [9.17, 15) is 20.0 Å². The second kappa shape index (κ2) is 7.18. The molecule has 0 fully saturated rings. The summed E-state index contributed by atoms with van der Waals surface area (Å²) < 4.78 is 12.5. The predicted octanol–water partition coefficient (Wildman–Crippen LogP) is 1.86. The summed E-state index contributed by atoms with van der Waals surface area (Å²) in [5, 5.41) is 25.2. The summed E-state index contributed by atoms with van der Waals surface area (Å²) in [5.74, 6) is -3.45. The molecule has 0 bridgehead atoms. The van der Waals surface area contributed by atoms with Gasteiger partial charge in [-0.1, -0.05) is 6.08 Å². The van der Waals surface area contributed by atoms with Crippen LogP contribution in [0.4, 0.5) is 0 Å². The lowest BCUT2D eigenvalue weighted by atomic mass is 9.75. The van der Waals surface area contributed by atoms with Gasteiger partial charge in [-0.05, 0) is 38.1 Å². The van der Waals surface area contributed by atoms with E-state index >= 15 is 0 Å². The lowest BCUT2D eigenvalue weighted by molar-refractivity contribution is -0.281. The van der Waals surface area contributed by atoms with E-state index in [1.165, 1.54) is 29.8 Å². The minimum atomic E-state index is -2.15. The van der Waals surface area contributed by atoms with Gasteiger partial charge in [0, 0.05) is 18.6 Å². The summed E-state index contributed by atoms with van der Waals surface area (Å²) in [6, 6.07) is 9.59. The minimum absolute atomic E-state index is 0.163. The molecule has 2 aromatic rings. The average Bonchev–Trinajstić information content (AvgIpc) is 2.64. The molecule has 2 atom stereocenters. The lowest BCUT2D eigenvalue weighted by Crippen LogP contribution is -2.62. The van der Waals surface area contributed by atoms with Gasteiger partial charge in [0.2, 0.25) is 0 Å². The average molecular weight is 395 g/mol. The van der Waals surface area contributed by atoms with Crippen molar-refractivity contribution in [2.24, 2.45) is 0 Å². The van der Waals surface area contributed by atoms with Gasteiger partial charge in [-0.3, -0.25) is 9.59 Å². The molecular formula is C21H21N3O5. The van der Waals surface area contributed by atoms with Crippen molar-refractivity contribution >= 4 is 5.97 Å². The lowest BCUT2D eigenvalue weighted by Gasteiger charge is -2.49. The normalized spacial score (nSPS) is 22.0. The first-order valence-corrected chi connectivity index (χ1v) is 8.97. The summed E-state index contributed by atoms with van der Waals surface area (Å²) >= 11 is 0. The van der Waals surface area contributed by atoms with Crippen LogP contribution in [-0.4, -0.2) is 32.2 Å². The van der Waals surface area contributed by atoms with Crippen LogP contribution in [0.25, 0.3) is 0 Å². The second-order valence-corrected chi connectivity index (χ2v) is 7.27. The number of fused-ring (bicyclic) bond motifs is 1. The standard InChI is InChI=1S/C21H21N3O5/c1-5-10-24-18(26)9-7-16(23-24)19-15-11-14(12-22)6-8-17(15)29-20(3,4)21(19,27)28-13(2)25/h5-9,11,19,27H,1,10H2,2-4H3. The number of nitrogens with zero attached hydrogens (tertiary/aromatic N) is 3. The van der Waals surface area contributed by atoms with Crippen molar-refractivity contribution in [1.29, 1.82) is 5.26 Å². The van der Waals surface area contributed by atoms with E-state index < -0.39 is 23.3 Å². The number of aromatic nitrogens is 2. The number of hydrogen-bond donors (Lipinski definition) is 1. The molecular weight excluding hydrogens is 374 g/mol. The third kappa shape index (κ3) is 3.41. The number of rotatable bonds is 4. The van der Waals surface area contributed by atoms with Crippen molar-refractivity contribution in [2.45, 2.75) is 44.6 Å². The molecule has 150 valence electrons. The summed E-state index contributed by atoms with van der Waals surface area (Å²) in [7, 11) is 0. The number of benzene rings is 1. The van der Waals surface area contributed by atoms with E-state index in [1.807, 2.05) is 6.07 Å². The van der Waals surface area contributed by atoms with Crippen molar-refractivity contribution in [1.82, 2.24) is 9.78 Å². The number of esters is 1. The Balaban J connectivity index is 2.33. The number of carbonyl (C=O) groups excluding carboxylic acids is 1. The molecule has 0 saturated carbocycles. The molecule has 1 aliphatic heterocycles. The van der Waals surface area contributed by atoms with Crippen molar-refractivity contribution in [3.63, 3.8) is 0 Å². The molecule has 8 heteroatoms. The smallest absolute Gasteiger partial charge is 0.305 e. The van der Waals surface area contributed by atoms with Crippen LogP contribution in [0.1, 0.15) is 43.5 Å². The highest BCUT2D eigenvalue weighted by Crippen LogP contribution is 2.50. The van der Waals surface area contributed by atoms with Gasteiger partial charge in [0.15, 0.2) is 5.60 Å². The number of ether oxygens (including phenoxy) is 2. The number of carbonyl (C=O) groups is 1. The van der Waals surface area contributed by atoms with E-state index in [1.54, 1.807) is 32.0 Å². The SMILES string of the molecule is C=CCn1nc(C2c3cc(C#N)ccc3OC(C)(C)C2(O)OC(C)=O)ccc1=O. The van der Waals surface area contributed by atoms with Crippen molar-refractivity contribution in [3.8, 4) is 11.8 Å².